The molecule has 0 aliphatic carbocycles. The van der Waals surface area contributed by atoms with Crippen molar-refractivity contribution in [2.45, 2.75) is 6.42 Å². The zero-order valence-electron chi connectivity index (χ0n) is 9.41. The molecular weight excluding hydrogens is 230 g/mol. The van der Waals surface area contributed by atoms with Crippen molar-refractivity contribution >= 4 is 16.9 Å². The van der Waals surface area contributed by atoms with E-state index in [1.54, 1.807) is 36.7 Å². The van der Waals surface area contributed by atoms with E-state index >= 15 is 0 Å². The highest BCUT2D eigenvalue weighted by atomic mass is 16.3. The van der Waals surface area contributed by atoms with Gasteiger partial charge < -0.3 is 4.42 Å². The molecular formula is C13H9N3O2. The first-order chi connectivity index (χ1) is 8.83. The predicted molar refractivity (Wildman–Crippen MR) is 64.1 cm³/mol. The number of carbonyl (C=O) groups excluding carboxylic acids is 1. The number of Topliss-reactive ketones (excluding diaryl/α,β-unsaturated/α-hetero) is 1. The zero-order valence-corrected chi connectivity index (χ0v) is 9.41. The van der Waals surface area contributed by atoms with Crippen LogP contribution in [-0.2, 0) is 6.42 Å². The largest absolute Gasteiger partial charge is 0.443 e. The molecule has 0 bridgehead atoms. The average Bonchev–Trinajstić information content (AvgIpc) is 2.87. The van der Waals surface area contributed by atoms with Crippen molar-refractivity contribution in [3.63, 3.8) is 0 Å². The number of ketones is 1. The molecule has 0 spiro atoms. The van der Waals surface area contributed by atoms with E-state index in [0.717, 1.165) is 5.52 Å². The molecule has 0 amide bonds. The van der Waals surface area contributed by atoms with Crippen LogP contribution in [0.25, 0.3) is 11.1 Å². The molecule has 18 heavy (non-hydrogen) atoms. The second-order valence-corrected chi connectivity index (χ2v) is 3.80. The number of benzene rings is 1. The Morgan fingerprint density at radius 2 is 2.00 bits per heavy atom. The minimum absolute atomic E-state index is 0.0421. The Hall–Kier alpha value is -2.56. The van der Waals surface area contributed by atoms with Crippen molar-refractivity contribution in [2.24, 2.45) is 0 Å². The molecule has 0 unspecified atom stereocenters. The lowest BCUT2D eigenvalue weighted by molar-refractivity contribution is 0.0991. The normalized spacial score (nSPS) is 10.7. The second kappa shape index (κ2) is 4.37. The van der Waals surface area contributed by atoms with Crippen LogP contribution in [0.4, 0.5) is 0 Å². The first kappa shape index (κ1) is 10.6. The molecule has 0 aliphatic rings. The molecule has 0 atom stereocenters. The first-order valence-corrected chi connectivity index (χ1v) is 5.45. The van der Waals surface area contributed by atoms with Gasteiger partial charge in [0.25, 0.3) is 0 Å². The molecule has 0 radical (unpaired) electrons. The molecule has 3 rings (SSSR count). The molecule has 1 aromatic carbocycles. The highest BCUT2D eigenvalue weighted by Crippen LogP contribution is 2.15. The molecule has 5 heteroatoms. The summed E-state index contributed by atoms with van der Waals surface area (Å²) in [5.41, 5.74) is 1.92. The molecule has 0 saturated carbocycles. The first-order valence-electron chi connectivity index (χ1n) is 5.45. The number of rotatable bonds is 3. The third-order valence-corrected chi connectivity index (χ3v) is 2.59. The summed E-state index contributed by atoms with van der Waals surface area (Å²) in [6.07, 6.45) is 4.78. The summed E-state index contributed by atoms with van der Waals surface area (Å²) in [5, 5.41) is 0. The summed E-state index contributed by atoms with van der Waals surface area (Å²) in [4.78, 5) is 24.1. The van der Waals surface area contributed by atoms with Crippen LogP contribution in [0.2, 0.25) is 0 Å². The van der Waals surface area contributed by atoms with Gasteiger partial charge in [-0.2, -0.15) is 0 Å². The van der Waals surface area contributed by atoms with E-state index < -0.39 is 0 Å². The van der Waals surface area contributed by atoms with Gasteiger partial charge in [-0.15, -0.1) is 0 Å². The molecule has 2 heterocycles. The number of carbonyl (C=O) groups is 1. The van der Waals surface area contributed by atoms with E-state index in [4.69, 9.17) is 4.42 Å². The maximum absolute atomic E-state index is 12.0. The molecule has 88 valence electrons. The Kier molecular flexibility index (Phi) is 2.57. The summed E-state index contributed by atoms with van der Waals surface area (Å²) in [7, 11) is 0. The smallest absolute Gasteiger partial charge is 0.181 e. The average molecular weight is 239 g/mol. The van der Waals surface area contributed by atoms with E-state index in [9.17, 15) is 4.79 Å². The maximum atomic E-state index is 12.0. The maximum Gasteiger partial charge on any atom is 0.181 e. The minimum atomic E-state index is -0.0421. The lowest BCUT2D eigenvalue weighted by Crippen LogP contribution is -2.06. The Balaban J connectivity index is 1.87. The number of nitrogens with zero attached hydrogens (tertiary/aromatic N) is 3. The highest BCUT2D eigenvalue weighted by molar-refractivity contribution is 5.99. The third kappa shape index (κ3) is 1.98. The standard InChI is InChI=1S/C13H9N3O2/c17-11(7-13-14-4-1-5-15-13)9-2-3-10-12(6-9)18-8-16-10/h1-6,8H,7H2. The van der Waals surface area contributed by atoms with Crippen LogP contribution in [0.5, 0.6) is 0 Å². The molecule has 5 nitrogen and oxygen atoms in total. The summed E-state index contributed by atoms with van der Waals surface area (Å²) in [6, 6.07) is 6.90. The molecule has 0 fully saturated rings. The van der Waals surface area contributed by atoms with Crippen LogP contribution in [0, 0.1) is 0 Å². The quantitative estimate of drug-likeness (QED) is 0.654. The van der Waals surface area contributed by atoms with Gasteiger partial charge in [0.1, 0.15) is 11.3 Å². The number of hydrogen-bond donors (Lipinski definition) is 0. The van der Waals surface area contributed by atoms with Crippen LogP contribution < -0.4 is 0 Å². The zero-order chi connectivity index (χ0) is 12.4. The summed E-state index contributed by atoms with van der Waals surface area (Å²) >= 11 is 0. The van der Waals surface area contributed by atoms with Crippen LogP contribution >= 0.6 is 0 Å². The van der Waals surface area contributed by atoms with E-state index in [2.05, 4.69) is 15.0 Å². The van der Waals surface area contributed by atoms with E-state index in [1.807, 2.05) is 0 Å². The van der Waals surface area contributed by atoms with Gasteiger partial charge in [0.05, 0.1) is 6.42 Å². The van der Waals surface area contributed by atoms with Crippen molar-refractivity contribution in [1.82, 2.24) is 15.0 Å². The fourth-order valence-electron chi connectivity index (χ4n) is 1.70. The number of oxazole rings is 1. The van der Waals surface area contributed by atoms with E-state index in [0.29, 0.717) is 17.0 Å². The Labute approximate surface area is 103 Å². The van der Waals surface area contributed by atoms with Gasteiger partial charge in [-0.1, -0.05) is 0 Å². The summed E-state index contributed by atoms with van der Waals surface area (Å²) < 4.78 is 5.16. The predicted octanol–water partition coefficient (Wildman–Crippen LogP) is 2.04. The molecule has 3 aromatic rings. The summed E-state index contributed by atoms with van der Waals surface area (Å²) in [5.74, 6) is 0.472. The monoisotopic (exact) mass is 239 g/mol. The highest BCUT2D eigenvalue weighted by Gasteiger charge is 2.10. The number of fused-ring (bicyclic) bond motifs is 1. The second-order valence-electron chi connectivity index (χ2n) is 3.80. The van der Waals surface area contributed by atoms with Crippen molar-refractivity contribution in [3.05, 3.63) is 54.4 Å². The van der Waals surface area contributed by atoms with Gasteiger partial charge in [0.15, 0.2) is 17.8 Å². The lowest BCUT2D eigenvalue weighted by Gasteiger charge is -1.99. The van der Waals surface area contributed by atoms with Gasteiger partial charge >= 0.3 is 0 Å². The fraction of sp³-hybridized carbons (Fsp3) is 0.0769. The van der Waals surface area contributed by atoms with Crippen molar-refractivity contribution < 1.29 is 9.21 Å². The number of hydrogen-bond acceptors (Lipinski definition) is 5. The van der Waals surface area contributed by atoms with Gasteiger partial charge in [-0.05, 0) is 24.3 Å². The SMILES string of the molecule is O=C(Cc1ncccn1)c1ccc2ncoc2c1. The van der Waals surface area contributed by atoms with Gasteiger partial charge in [-0.25, -0.2) is 15.0 Å². The van der Waals surface area contributed by atoms with Crippen LogP contribution in [0.1, 0.15) is 16.2 Å². The van der Waals surface area contributed by atoms with Gasteiger partial charge in [0, 0.05) is 18.0 Å². The molecule has 0 aliphatic heterocycles. The molecule has 2 aromatic heterocycles. The molecule has 0 saturated heterocycles. The topological polar surface area (TPSA) is 68.9 Å². The van der Waals surface area contributed by atoms with Crippen LogP contribution in [0.3, 0.4) is 0 Å². The van der Waals surface area contributed by atoms with Crippen LogP contribution in [0.15, 0.2) is 47.5 Å². The fourth-order valence-corrected chi connectivity index (χ4v) is 1.70. The van der Waals surface area contributed by atoms with Crippen molar-refractivity contribution in [2.75, 3.05) is 0 Å². The minimum Gasteiger partial charge on any atom is -0.443 e. The Bertz CT molecular complexity index is 692. The lowest BCUT2D eigenvalue weighted by atomic mass is 10.1. The van der Waals surface area contributed by atoms with Gasteiger partial charge in [0.2, 0.25) is 0 Å². The third-order valence-electron chi connectivity index (χ3n) is 2.59. The van der Waals surface area contributed by atoms with Crippen molar-refractivity contribution in [1.29, 1.82) is 0 Å². The van der Waals surface area contributed by atoms with Crippen LogP contribution in [-0.4, -0.2) is 20.7 Å². The van der Waals surface area contributed by atoms with Gasteiger partial charge in [-0.3, -0.25) is 4.79 Å². The molecule has 0 N–H and O–H groups in total. The number of aromatic nitrogens is 3. The Morgan fingerprint density at radius 1 is 1.17 bits per heavy atom. The van der Waals surface area contributed by atoms with E-state index in [-0.39, 0.29) is 12.2 Å². The van der Waals surface area contributed by atoms with Crippen molar-refractivity contribution in [3.8, 4) is 0 Å². The Morgan fingerprint density at radius 3 is 2.83 bits per heavy atom. The van der Waals surface area contributed by atoms with E-state index in [1.165, 1.54) is 6.39 Å². The summed E-state index contributed by atoms with van der Waals surface area (Å²) in [6.45, 7) is 0.